The van der Waals surface area contributed by atoms with Crippen LogP contribution >= 0.6 is 11.3 Å². The lowest BCUT2D eigenvalue weighted by Crippen LogP contribution is -2.54. The van der Waals surface area contributed by atoms with E-state index in [1.807, 2.05) is 42.5 Å². The van der Waals surface area contributed by atoms with Gasteiger partial charge >= 0.3 is 5.97 Å². The van der Waals surface area contributed by atoms with Gasteiger partial charge in [0.05, 0.1) is 4.88 Å². The molecule has 27 heavy (non-hydrogen) atoms. The zero-order valence-corrected chi connectivity index (χ0v) is 15.4. The number of hydrogen-bond acceptors (Lipinski definition) is 4. The molecule has 4 rings (SSSR count). The van der Waals surface area contributed by atoms with Crippen LogP contribution in [0.3, 0.4) is 0 Å². The lowest BCUT2D eigenvalue weighted by molar-refractivity contribution is -0.150. The molecule has 3 atom stereocenters. The van der Waals surface area contributed by atoms with Crippen molar-refractivity contribution in [1.82, 2.24) is 10.2 Å². The zero-order valence-electron chi connectivity index (χ0n) is 14.6. The molecule has 2 N–H and O–H groups in total. The van der Waals surface area contributed by atoms with E-state index in [0.29, 0.717) is 30.6 Å². The Balaban J connectivity index is 1.57. The van der Waals surface area contributed by atoms with Gasteiger partial charge in [-0.2, -0.15) is 0 Å². The van der Waals surface area contributed by atoms with Crippen molar-refractivity contribution >= 4 is 39.2 Å². The molecule has 0 radical (unpaired) electrons. The molecule has 2 aromatic rings. The number of carboxylic acid groups (broad SMARTS) is 1. The first-order valence-electron chi connectivity index (χ1n) is 9.04. The number of carboxylic acids is 1. The molecule has 140 valence electrons. The van der Waals surface area contributed by atoms with Crippen LogP contribution in [0.4, 0.5) is 0 Å². The van der Waals surface area contributed by atoms with Gasteiger partial charge in [-0.1, -0.05) is 30.4 Å². The fourth-order valence-corrected chi connectivity index (χ4v) is 4.87. The molecule has 2 aliphatic heterocycles. The van der Waals surface area contributed by atoms with Gasteiger partial charge in [0.15, 0.2) is 0 Å². The van der Waals surface area contributed by atoms with E-state index in [2.05, 4.69) is 5.32 Å². The Hall–Kier alpha value is -2.67. The second kappa shape index (κ2) is 7.15. The SMILES string of the molecule is O=C(N[C@H]1C/C=C\C[C@@H]2CC[C@@H](C(=O)O)N2C1=O)c1cc2ccccc2s1. The van der Waals surface area contributed by atoms with Crippen LogP contribution in [0, 0.1) is 0 Å². The topological polar surface area (TPSA) is 86.7 Å². The third-order valence-electron chi connectivity index (χ3n) is 5.24. The van der Waals surface area contributed by atoms with Crippen LogP contribution in [0.5, 0.6) is 0 Å². The van der Waals surface area contributed by atoms with E-state index in [4.69, 9.17) is 0 Å². The molecule has 7 heteroatoms. The number of hydrogen-bond donors (Lipinski definition) is 2. The summed E-state index contributed by atoms with van der Waals surface area (Å²) < 4.78 is 1.01. The second-order valence-corrected chi connectivity index (χ2v) is 8.03. The van der Waals surface area contributed by atoms with Crippen LogP contribution in [-0.2, 0) is 9.59 Å². The van der Waals surface area contributed by atoms with Crippen molar-refractivity contribution in [2.45, 2.75) is 43.8 Å². The summed E-state index contributed by atoms with van der Waals surface area (Å²) in [4.78, 5) is 39.3. The van der Waals surface area contributed by atoms with Crippen molar-refractivity contribution in [2.75, 3.05) is 0 Å². The number of amides is 2. The van der Waals surface area contributed by atoms with Crippen LogP contribution in [-0.4, -0.2) is 45.9 Å². The molecule has 0 unspecified atom stereocenters. The maximum Gasteiger partial charge on any atom is 0.326 e. The lowest BCUT2D eigenvalue weighted by atomic mass is 10.0. The molecule has 1 aromatic carbocycles. The van der Waals surface area contributed by atoms with Crippen molar-refractivity contribution in [3.05, 3.63) is 47.4 Å². The lowest BCUT2D eigenvalue weighted by Gasteiger charge is -2.32. The Morgan fingerprint density at radius 3 is 2.70 bits per heavy atom. The van der Waals surface area contributed by atoms with E-state index in [1.54, 1.807) is 0 Å². The number of fused-ring (bicyclic) bond motifs is 2. The molecular formula is C20H20N2O4S. The predicted molar refractivity (Wildman–Crippen MR) is 103 cm³/mol. The number of carbonyl (C=O) groups is 3. The average Bonchev–Trinajstić information content (AvgIpc) is 3.26. The first-order chi connectivity index (χ1) is 13.0. The Morgan fingerprint density at radius 2 is 1.93 bits per heavy atom. The van der Waals surface area contributed by atoms with E-state index in [-0.39, 0.29) is 17.9 Å². The normalized spacial score (nSPS) is 26.3. The number of carbonyl (C=O) groups excluding carboxylic acids is 2. The molecule has 6 nitrogen and oxygen atoms in total. The van der Waals surface area contributed by atoms with Crippen LogP contribution in [0.15, 0.2) is 42.5 Å². The van der Waals surface area contributed by atoms with E-state index in [9.17, 15) is 19.5 Å². The number of nitrogens with zero attached hydrogens (tertiary/aromatic N) is 1. The van der Waals surface area contributed by atoms with Gasteiger partial charge in [0.1, 0.15) is 12.1 Å². The van der Waals surface area contributed by atoms with Crippen LogP contribution in [0.2, 0.25) is 0 Å². The maximum atomic E-state index is 13.1. The van der Waals surface area contributed by atoms with Crippen molar-refractivity contribution < 1.29 is 19.5 Å². The van der Waals surface area contributed by atoms with Gasteiger partial charge in [0, 0.05) is 10.7 Å². The predicted octanol–water partition coefficient (Wildman–Crippen LogP) is 2.79. The molecule has 0 saturated carbocycles. The van der Waals surface area contributed by atoms with Crippen LogP contribution in [0.1, 0.15) is 35.4 Å². The number of rotatable bonds is 3. The number of thiophene rings is 1. The first-order valence-corrected chi connectivity index (χ1v) is 9.85. The minimum Gasteiger partial charge on any atom is -0.480 e. The summed E-state index contributed by atoms with van der Waals surface area (Å²) in [6.07, 6.45) is 6.03. The van der Waals surface area contributed by atoms with Crippen molar-refractivity contribution in [1.29, 1.82) is 0 Å². The summed E-state index contributed by atoms with van der Waals surface area (Å²) in [5.41, 5.74) is 0. The third kappa shape index (κ3) is 3.35. The van der Waals surface area contributed by atoms with E-state index < -0.39 is 18.1 Å². The summed E-state index contributed by atoms with van der Waals surface area (Å²) in [7, 11) is 0. The molecule has 1 saturated heterocycles. The fourth-order valence-electron chi connectivity index (χ4n) is 3.90. The molecule has 0 bridgehead atoms. The van der Waals surface area contributed by atoms with E-state index >= 15 is 0 Å². The number of nitrogens with one attached hydrogen (secondary N) is 1. The third-order valence-corrected chi connectivity index (χ3v) is 6.36. The number of aliphatic carboxylic acids is 1. The molecule has 1 aromatic heterocycles. The molecule has 2 aliphatic rings. The highest BCUT2D eigenvalue weighted by atomic mass is 32.1. The summed E-state index contributed by atoms with van der Waals surface area (Å²) in [6, 6.07) is 7.88. The number of benzene rings is 1. The van der Waals surface area contributed by atoms with Crippen molar-refractivity contribution in [2.24, 2.45) is 0 Å². The monoisotopic (exact) mass is 384 g/mol. The summed E-state index contributed by atoms with van der Waals surface area (Å²) in [6.45, 7) is 0. The standard InChI is InChI=1S/C20H20N2O4S/c23-18(17-11-12-5-1-4-8-16(12)27-17)21-14-7-3-2-6-13-9-10-15(20(25)26)22(13)19(14)24/h1-5,8,11,13-15H,6-7,9-10H2,(H,21,23)(H,25,26)/b3-2-/t13-,14+,15+/m1/s1. The van der Waals surface area contributed by atoms with Crippen molar-refractivity contribution in [3.63, 3.8) is 0 Å². The highest BCUT2D eigenvalue weighted by Gasteiger charge is 2.43. The largest absolute Gasteiger partial charge is 0.480 e. The molecule has 1 fully saturated rings. The minimum atomic E-state index is -0.981. The molecular weight excluding hydrogens is 364 g/mol. The zero-order chi connectivity index (χ0) is 19.0. The van der Waals surface area contributed by atoms with Gasteiger partial charge < -0.3 is 15.3 Å². The van der Waals surface area contributed by atoms with Gasteiger partial charge in [0.25, 0.3) is 5.91 Å². The van der Waals surface area contributed by atoms with Gasteiger partial charge in [-0.15, -0.1) is 11.3 Å². The smallest absolute Gasteiger partial charge is 0.326 e. The second-order valence-electron chi connectivity index (χ2n) is 6.95. The first kappa shape index (κ1) is 17.7. The van der Waals surface area contributed by atoms with E-state index in [0.717, 1.165) is 10.1 Å². The highest BCUT2D eigenvalue weighted by molar-refractivity contribution is 7.20. The summed E-state index contributed by atoms with van der Waals surface area (Å²) >= 11 is 1.38. The Bertz CT molecular complexity index is 902. The van der Waals surface area contributed by atoms with Crippen LogP contribution < -0.4 is 5.32 Å². The quantitative estimate of drug-likeness (QED) is 0.797. The van der Waals surface area contributed by atoms with Gasteiger partial charge in [-0.25, -0.2) is 4.79 Å². The molecule has 0 aliphatic carbocycles. The molecule has 3 heterocycles. The fraction of sp³-hybridized carbons (Fsp3) is 0.350. The van der Waals surface area contributed by atoms with Gasteiger partial charge in [-0.05, 0) is 43.2 Å². The molecule has 0 spiro atoms. The van der Waals surface area contributed by atoms with Gasteiger partial charge in [0.2, 0.25) is 5.91 Å². The Labute approximate surface area is 160 Å². The van der Waals surface area contributed by atoms with Gasteiger partial charge in [-0.3, -0.25) is 9.59 Å². The van der Waals surface area contributed by atoms with Crippen LogP contribution in [0.25, 0.3) is 10.1 Å². The Kier molecular flexibility index (Phi) is 4.70. The minimum absolute atomic E-state index is 0.112. The Morgan fingerprint density at radius 1 is 1.15 bits per heavy atom. The average molecular weight is 384 g/mol. The molecule has 2 amide bonds. The highest BCUT2D eigenvalue weighted by Crippen LogP contribution is 2.30. The van der Waals surface area contributed by atoms with Crippen molar-refractivity contribution in [3.8, 4) is 0 Å². The van der Waals surface area contributed by atoms with E-state index in [1.165, 1.54) is 16.2 Å². The summed E-state index contributed by atoms with van der Waals surface area (Å²) in [5, 5.41) is 13.3. The summed E-state index contributed by atoms with van der Waals surface area (Å²) in [5.74, 6) is -1.58. The maximum absolute atomic E-state index is 13.1.